The average Bonchev–Trinajstić information content (AvgIpc) is 3.15. The Balaban J connectivity index is 2.04. The number of fused-ring (bicyclic) bond motifs is 1. The molecular formula is C16H17ClN4O7. The number of carbonyl (C=O) groups is 3. The topological polar surface area (TPSA) is 132 Å². The maximum absolute atomic E-state index is 11.7. The highest BCUT2D eigenvalue weighted by molar-refractivity contribution is 6.28. The molecule has 1 aliphatic rings. The summed E-state index contributed by atoms with van der Waals surface area (Å²) in [5.41, 5.74) is 0.305. The van der Waals surface area contributed by atoms with Gasteiger partial charge in [-0.1, -0.05) is 0 Å². The second-order valence-corrected chi connectivity index (χ2v) is 6.28. The number of hydrogen-bond acceptors (Lipinski definition) is 10. The number of hydrogen-bond donors (Lipinski definition) is 0. The summed E-state index contributed by atoms with van der Waals surface area (Å²) < 4.78 is 30.8. The van der Waals surface area contributed by atoms with E-state index in [9.17, 15) is 14.4 Å². The van der Waals surface area contributed by atoms with Crippen molar-refractivity contribution in [3.8, 4) is 0 Å². The number of nitrogens with zero attached hydrogens (tertiary/aromatic N) is 4. The van der Waals surface area contributed by atoms with Crippen LogP contribution in [0.5, 0.6) is 0 Å². The number of imidazole rings is 1. The van der Waals surface area contributed by atoms with Crippen molar-refractivity contribution >= 4 is 40.7 Å². The van der Waals surface area contributed by atoms with Gasteiger partial charge in [-0.25, -0.2) is 9.97 Å². The molecule has 150 valence electrons. The van der Waals surface area contributed by atoms with E-state index in [-0.39, 0.29) is 29.2 Å². The normalized spacial score (nSPS) is 24.6. The minimum Gasteiger partial charge on any atom is -0.463 e. The average molecular weight is 414 g/mol. The van der Waals surface area contributed by atoms with Crippen molar-refractivity contribution in [1.82, 2.24) is 19.5 Å². The number of carbonyl (C=O) groups excluding carboxylic acids is 3. The van der Waals surface area contributed by atoms with Gasteiger partial charge in [-0.05, 0) is 11.6 Å². The fraction of sp³-hybridized carbons (Fsp3) is 0.500. The van der Waals surface area contributed by atoms with Gasteiger partial charge in [0.1, 0.15) is 18.2 Å². The van der Waals surface area contributed by atoms with Crippen molar-refractivity contribution in [1.29, 1.82) is 0 Å². The van der Waals surface area contributed by atoms with E-state index in [0.29, 0.717) is 0 Å². The van der Waals surface area contributed by atoms with Gasteiger partial charge in [0.2, 0.25) is 5.28 Å². The van der Waals surface area contributed by atoms with Gasteiger partial charge in [0.15, 0.2) is 24.1 Å². The van der Waals surface area contributed by atoms with E-state index in [1.165, 1.54) is 31.7 Å². The zero-order valence-corrected chi connectivity index (χ0v) is 15.9. The summed E-state index contributed by atoms with van der Waals surface area (Å²) >= 11 is 5.85. The largest absolute Gasteiger partial charge is 0.463 e. The van der Waals surface area contributed by atoms with Crippen molar-refractivity contribution in [3.63, 3.8) is 0 Å². The molecule has 1 saturated heterocycles. The zero-order valence-electron chi connectivity index (χ0n) is 16.1. The summed E-state index contributed by atoms with van der Waals surface area (Å²) in [6, 6.07) is 0. The number of ether oxygens (including phenoxy) is 4. The predicted octanol–water partition coefficient (Wildman–Crippen LogP) is 0.804. The van der Waals surface area contributed by atoms with Crippen molar-refractivity contribution in [2.75, 3.05) is 6.61 Å². The number of esters is 3. The van der Waals surface area contributed by atoms with Crippen LogP contribution in [0.3, 0.4) is 0 Å². The molecule has 2 aromatic heterocycles. The Morgan fingerprint density at radius 2 is 1.86 bits per heavy atom. The second-order valence-electron chi connectivity index (χ2n) is 5.94. The van der Waals surface area contributed by atoms with Crippen molar-refractivity contribution in [2.24, 2.45) is 0 Å². The van der Waals surface area contributed by atoms with Crippen LogP contribution in [0.1, 0.15) is 28.4 Å². The van der Waals surface area contributed by atoms with Crippen LogP contribution >= 0.6 is 11.6 Å². The molecule has 0 aromatic carbocycles. The summed E-state index contributed by atoms with van der Waals surface area (Å²) in [5, 5.41) is -0.181. The third-order valence-electron chi connectivity index (χ3n) is 3.83. The minimum absolute atomic E-state index is 0.145. The van der Waals surface area contributed by atoms with Gasteiger partial charge in [-0.15, -0.1) is 0 Å². The van der Waals surface area contributed by atoms with Crippen LogP contribution in [0, 0.1) is 0 Å². The quantitative estimate of drug-likeness (QED) is 0.394. The third kappa shape index (κ3) is 4.20. The van der Waals surface area contributed by atoms with Crippen LogP contribution in [0.4, 0.5) is 0 Å². The Morgan fingerprint density at radius 3 is 2.50 bits per heavy atom. The first-order valence-electron chi connectivity index (χ1n) is 8.67. The third-order valence-corrected chi connectivity index (χ3v) is 4.00. The molecule has 1 aliphatic heterocycles. The maximum Gasteiger partial charge on any atom is 0.303 e. The molecule has 0 aliphatic carbocycles. The lowest BCUT2D eigenvalue weighted by molar-refractivity contribution is -0.166. The van der Waals surface area contributed by atoms with Crippen LogP contribution in [0.2, 0.25) is 5.28 Å². The van der Waals surface area contributed by atoms with Gasteiger partial charge in [0, 0.05) is 20.8 Å². The summed E-state index contributed by atoms with van der Waals surface area (Å²) in [4.78, 5) is 46.4. The standard InChI is InChI=1S/C16H17ClN4O7/c1-7(22)25-5-11-12(26-8(2)23)13(27-9(3)24)15(28-11)21-6-19-10-4-18-16(17)20-14(10)21/h4,6,11-13,15H,5H2,1-3H3/t11-,12-,13-,15-/m1/s1/i4D. The second kappa shape index (κ2) is 8.07. The highest BCUT2D eigenvalue weighted by atomic mass is 35.5. The highest BCUT2D eigenvalue weighted by Crippen LogP contribution is 2.35. The van der Waals surface area contributed by atoms with E-state index in [1.54, 1.807) is 0 Å². The molecule has 0 N–H and O–H groups in total. The smallest absolute Gasteiger partial charge is 0.303 e. The van der Waals surface area contributed by atoms with Gasteiger partial charge in [0.25, 0.3) is 0 Å². The van der Waals surface area contributed by atoms with E-state index in [1.807, 2.05) is 0 Å². The SMILES string of the molecule is [2H]c1nc(Cl)nc2c1ncn2[C@@H]1O[C@H](COC(C)=O)[C@@H](OC(C)=O)[C@H]1OC(C)=O. The van der Waals surface area contributed by atoms with Crippen LogP contribution in [-0.4, -0.2) is 62.3 Å². The van der Waals surface area contributed by atoms with Crippen molar-refractivity contribution in [2.45, 2.75) is 45.3 Å². The molecule has 11 nitrogen and oxygen atoms in total. The fourth-order valence-corrected chi connectivity index (χ4v) is 2.98. The highest BCUT2D eigenvalue weighted by Gasteiger charge is 2.51. The van der Waals surface area contributed by atoms with Crippen molar-refractivity contribution in [3.05, 3.63) is 17.8 Å². The van der Waals surface area contributed by atoms with Crippen LogP contribution in [0.25, 0.3) is 11.2 Å². The zero-order chi connectivity index (χ0) is 21.3. The molecule has 12 heteroatoms. The lowest BCUT2D eigenvalue weighted by Crippen LogP contribution is -2.40. The Hall–Kier alpha value is -2.79. The summed E-state index contributed by atoms with van der Waals surface area (Å²) in [6.07, 6.45) is -3.02. The molecule has 0 amide bonds. The lowest BCUT2D eigenvalue weighted by Gasteiger charge is -2.23. The Bertz CT molecular complexity index is 968. The molecule has 4 atom stereocenters. The van der Waals surface area contributed by atoms with E-state index >= 15 is 0 Å². The molecule has 3 heterocycles. The van der Waals surface area contributed by atoms with E-state index < -0.39 is 42.4 Å². The Morgan fingerprint density at radius 1 is 1.18 bits per heavy atom. The predicted molar refractivity (Wildman–Crippen MR) is 92.0 cm³/mol. The summed E-state index contributed by atoms with van der Waals surface area (Å²) in [6.45, 7) is 3.35. The van der Waals surface area contributed by atoms with E-state index in [0.717, 1.165) is 0 Å². The van der Waals surface area contributed by atoms with Crippen LogP contribution in [-0.2, 0) is 33.3 Å². The molecule has 3 rings (SSSR count). The van der Waals surface area contributed by atoms with Gasteiger partial charge in [0.05, 0.1) is 13.9 Å². The van der Waals surface area contributed by atoms with Gasteiger partial charge < -0.3 is 18.9 Å². The molecule has 0 saturated carbocycles. The van der Waals surface area contributed by atoms with Gasteiger partial charge in [-0.2, -0.15) is 4.98 Å². The molecule has 2 aromatic rings. The molecule has 1 fully saturated rings. The maximum atomic E-state index is 11.7. The van der Waals surface area contributed by atoms with Gasteiger partial charge >= 0.3 is 17.9 Å². The summed E-state index contributed by atoms with van der Waals surface area (Å²) in [7, 11) is 0. The molecule has 28 heavy (non-hydrogen) atoms. The van der Waals surface area contributed by atoms with E-state index in [4.69, 9.17) is 31.9 Å². The first-order valence-corrected chi connectivity index (χ1v) is 8.55. The van der Waals surface area contributed by atoms with E-state index in [2.05, 4.69) is 15.0 Å². The van der Waals surface area contributed by atoms with Gasteiger partial charge in [-0.3, -0.25) is 19.0 Å². The molecule has 0 unspecified atom stereocenters. The molecule has 0 radical (unpaired) electrons. The number of halogens is 1. The van der Waals surface area contributed by atoms with Crippen LogP contribution in [0.15, 0.2) is 12.5 Å². The molecule has 0 spiro atoms. The Labute approximate surface area is 165 Å². The van der Waals surface area contributed by atoms with Crippen LogP contribution < -0.4 is 0 Å². The number of aromatic nitrogens is 4. The lowest BCUT2D eigenvalue weighted by atomic mass is 10.1. The minimum atomic E-state index is -1.10. The Kier molecular flexibility index (Phi) is 5.35. The first-order chi connectivity index (χ1) is 13.7. The molecular weight excluding hydrogens is 396 g/mol. The summed E-state index contributed by atoms with van der Waals surface area (Å²) in [5.74, 6) is -1.85. The van der Waals surface area contributed by atoms with Crippen molar-refractivity contribution < 1.29 is 34.7 Å². The number of rotatable bonds is 5. The first kappa shape index (κ1) is 18.6. The monoisotopic (exact) mass is 413 g/mol. The molecule has 0 bridgehead atoms. The fourth-order valence-electron chi connectivity index (χ4n) is 2.86.